The first-order chi connectivity index (χ1) is 8.50. The van der Waals surface area contributed by atoms with Crippen LogP contribution in [0.1, 0.15) is 27.6 Å². The van der Waals surface area contributed by atoms with E-state index in [2.05, 4.69) is 12.2 Å². The van der Waals surface area contributed by atoms with E-state index in [1.54, 1.807) is 24.3 Å². The lowest BCUT2D eigenvalue weighted by molar-refractivity contribution is -0.0978. The van der Waals surface area contributed by atoms with Gasteiger partial charge >= 0.3 is 0 Å². The summed E-state index contributed by atoms with van der Waals surface area (Å²) >= 11 is 0. The standard InChI is InChI=1S/C13H16N2O3/c1-13(7-18-8-13)6-15-12(17)10-4-2-9(3-5-10)11(14)16/h2-5H,6-8H2,1H3,(H2,14,16)(H,15,17). The number of benzene rings is 1. The SMILES string of the molecule is CC1(CNC(=O)c2ccc(C(N)=O)cc2)COC1. The summed E-state index contributed by atoms with van der Waals surface area (Å²) in [4.78, 5) is 22.7. The van der Waals surface area contributed by atoms with Crippen molar-refractivity contribution in [1.82, 2.24) is 5.32 Å². The van der Waals surface area contributed by atoms with Gasteiger partial charge in [-0.3, -0.25) is 9.59 Å². The van der Waals surface area contributed by atoms with E-state index in [0.29, 0.717) is 30.9 Å². The molecule has 0 unspecified atom stereocenters. The molecule has 1 heterocycles. The number of nitrogens with one attached hydrogen (secondary N) is 1. The van der Waals surface area contributed by atoms with Crippen LogP contribution in [0.4, 0.5) is 0 Å². The van der Waals surface area contributed by atoms with Crippen molar-refractivity contribution in [3.63, 3.8) is 0 Å². The maximum atomic E-state index is 11.8. The maximum absolute atomic E-state index is 11.8. The van der Waals surface area contributed by atoms with Gasteiger partial charge in [-0.2, -0.15) is 0 Å². The number of primary amides is 1. The highest BCUT2D eigenvalue weighted by Gasteiger charge is 2.33. The van der Waals surface area contributed by atoms with Crippen LogP contribution >= 0.6 is 0 Å². The van der Waals surface area contributed by atoms with E-state index in [1.807, 2.05) is 0 Å². The second kappa shape index (κ2) is 4.78. The molecule has 5 nitrogen and oxygen atoms in total. The molecule has 1 aromatic carbocycles. The van der Waals surface area contributed by atoms with Crippen molar-refractivity contribution in [2.75, 3.05) is 19.8 Å². The lowest BCUT2D eigenvalue weighted by atomic mass is 9.88. The van der Waals surface area contributed by atoms with E-state index < -0.39 is 5.91 Å². The summed E-state index contributed by atoms with van der Waals surface area (Å²) in [6.45, 7) is 4.00. The summed E-state index contributed by atoms with van der Waals surface area (Å²) < 4.78 is 5.12. The molecular formula is C13H16N2O3. The lowest BCUT2D eigenvalue weighted by Crippen LogP contribution is -2.48. The Morgan fingerprint density at radius 2 is 1.83 bits per heavy atom. The molecule has 5 heteroatoms. The predicted octanol–water partition coefficient (Wildman–Crippen LogP) is 0.552. The van der Waals surface area contributed by atoms with Gasteiger partial charge in [-0.1, -0.05) is 6.92 Å². The van der Waals surface area contributed by atoms with Crippen molar-refractivity contribution in [1.29, 1.82) is 0 Å². The van der Waals surface area contributed by atoms with Crippen molar-refractivity contribution >= 4 is 11.8 Å². The molecule has 2 rings (SSSR count). The predicted molar refractivity (Wildman–Crippen MR) is 66.2 cm³/mol. The number of nitrogens with two attached hydrogens (primary N) is 1. The molecular weight excluding hydrogens is 232 g/mol. The average molecular weight is 248 g/mol. The fourth-order valence-electron chi connectivity index (χ4n) is 1.73. The van der Waals surface area contributed by atoms with Gasteiger partial charge in [0.2, 0.25) is 5.91 Å². The summed E-state index contributed by atoms with van der Waals surface area (Å²) in [6, 6.07) is 6.28. The molecule has 0 spiro atoms. The van der Waals surface area contributed by atoms with Gasteiger partial charge in [0.05, 0.1) is 13.2 Å². The van der Waals surface area contributed by atoms with Crippen LogP contribution in [0.5, 0.6) is 0 Å². The molecule has 18 heavy (non-hydrogen) atoms. The molecule has 1 saturated heterocycles. The second-order valence-electron chi connectivity index (χ2n) is 4.93. The Bertz CT molecular complexity index is 464. The summed E-state index contributed by atoms with van der Waals surface area (Å²) in [5, 5.41) is 2.85. The quantitative estimate of drug-likeness (QED) is 0.816. The van der Waals surface area contributed by atoms with Crippen LogP contribution in [0.25, 0.3) is 0 Å². The molecule has 0 atom stereocenters. The first kappa shape index (κ1) is 12.6. The van der Waals surface area contributed by atoms with Gasteiger partial charge < -0.3 is 15.8 Å². The fourth-order valence-corrected chi connectivity index (χ4v) is 1.73. The minimum Gasteiger partial charge on any atom is -0.380 e. The third kappa shape index (κ3) is 2.68. The lowest BCUT2D eigenvalue weighted by Gasteiger charge is -2.38. The highest BCUT2D eigenvalue weighted by Crippen LogP contribution is 2.25. The Balaban J connectivity index is 1.94. The molecule has 0 bridgehead atoms. The number of carbonyl (C=O) groups is 2. The van der Waals surface area contributed by atoms with Crippen LogP contribution in [-0.4, -0.2) is 31.6 Å². The molecule has 2 amide bonds. The van der Waals surface area contributed by atoms with E-state index in [4.69, 9.17) is 10.5 Å². The number of carbonyl (C=O) groups excluding carboxylic acids is 2. The largest absolute Gasteiger partial charge is 0.380 e. The first-order valence-electron chi connectivity index (χ1n) is 5.76. The van der Waals surface area contributed by atoms with Gasteiger partial charge in [-0.15, -0.1) is 0 Å². The Hall–Kier alpha value is -1.88. The molecule has 0 aromatic heterocycles. The molecule has 96 valence electrons. The molecule has 1 aliphatic heterocycles. The fraction of sp³-hybridized carbons (Fsp3) is 0.385. The molecule has 3 N–H and O–H groups in total. The molecule has 0 saturated carbocycles. The number of amides is 2. The summed E-state index contributed by atoms with van der Waals surface area (Å²) in [5.41, 5.74) is 6.08. The average Bonchev–Trinajstić information content (AvgIpc) is 2.33. The molecule has 1 aromatic rings. The number of hydrogen-bond acceptors (Lipinski definition) is 3. The minimum absolute atomic E-state index is 0.0445. The zero-order valence-corrected chi connectivity index (χ0v) is 10.2. The molecule has 0 aliphatic carbocycles. The van der Waals surface area contributed by atoms with Crippen molar-refractivity contribution in [3.8, 4) is 0 Å². The zero-order valence-electron chi connectivity index (χ0n) is 10.2. The third-order valence-corrected chi connectivity index (χ3v) is 3.01. The van der Waals surface area contributed by atoms with Crippen molar-refractivity contribution in [2.45, 2.75) is 6.92 Å². The van der Waals surface area contributed by atoms with Gasteiger partial charge in [0.1, 0.15) is 0 Å². The van der Waals surface area contributed by atoms with Crippen molar-refractivity contribution < 1.29 is 14.3 Å². The Labute approximate surface area is 105 Å². The molecule has 1 fully saturated rings. The summed E-state index contributed by atoms with van der Waals surface area (Å²) in [6.07, 6.45) is 0. The monoisotopic (exact) mass is 248 g/mol. The van der Waals surface area contributed by atoms with Gasteiger partial charge in [-0.05, 0) is 24.3 Å². The second-order valence-corrected chi connectivity index (χ2v) is 4.93. The van der Waals surface area contributed by atoms with Crippen LogP contribution in [0.15, 0.2) is 24.3 Å². The van der Waals surface area contributed by atoms with Crippen molar-refractivity contribution in [2.24, 2.45) is 11.1 Å². The number of ether oxygens (including phenoxy) is 1. The molecule has 1 aliphatic rings. The van der Waals surface area contributed by atoms with Gasteiger partial charge in [0.25, 0.3) is 5.91 Å². The Morgan fingerprint density at radius 1 is 1.28 bits per heavy atom. The van der Waals surface area contributed by atoms with Gasteiger partial charge in [0, 0.05) is 23.1 Å². The minimum atomic E-state index is -0.499. The van der Waals surface area contributed by atoms with Crippen LogP contribution < -0.4 is 11.1 Å². The van der Waals surface area contributed by atoms with E-state index in [9.17, 15) is 9.59 Å². The van der Waals surface area contributed by atoms with Crippen LogP contribution in [0, 0.1) is 5.41 Å². The zero-order chi connectivity index (χ0) is 13.2. The Kier molecular flexibility index (Phi) is 3.34. The van der Waals surface area contributed by atoms with Gasteiger partial charge in [0.15, 0.2) is 0 Å². The Morgan fingerprint density at radius 3 is 2.28 bits per heavy atom. The highest BCUT2D eigenvalue weighted by atomic mass is 16.5. The van der Waals surface area contributed by atoms with Crippen molar-refractivity contribution in [3.05, 3.63) is 35.4 Å². The maximum Gasteiger partial charge on any atom is 0.251 e. The number of rotatable bonds is 4. The van der Waals surface area contributed by atoms with E-state index in [1.165, 1.54) is 0 Å². The highest BCUT2D eigenvalue weighted by molar-refractivity contribution is 5.97. The third-order valence-electron chi connectivity index (χ3n) is 3.01. The topological polar surface area (TPSA) is 81.4 Å². The summed E-state index contributed by atoms with van der Waals surface area (Å²) in [7, 11) is 0. The smallest absolute Gasteiger partial charge is 0.251 e. The van der Waals surface area contributed by atoms with Crippen LogP contribution in [-0.2, 0) is 4.74 Å². The van der Waals surface area contributed by atoms with Gasteiger partial charge in [-0.25, -0.2) is 0 Å². The summed E-state index contributed by atoms with van der Waals surface area (Å²) in [5.74, 6) is -0.653. The normalized spacial score (nSPS) is 16.7. The van der Waals surface area contributed by atoms with Crippen LogP contribution in [0.3, 0.4) is 0 Å². The van der Waals surface area contributed by atoms with E-state index >= 15 is 0 Å². The number of hydrogen-bond donors (Lipinski definition) is 2. The van der Waals surface area contributed by atoms with Crippen LogP contribution in [0.2, 0.25) is 0 Å². The first-order valence-corrected chi connectivity index (χ1v) is 5.76. The van der Waals surface area contributed by atoms with E-state index in [-0.39, 0.29) is 11.3 Å². The molecule has 0 radical (unpaired) electrons. The van der Waals surface area contributed by atoms with E-state index in [0.717, 1.165) is 0 Å².